The van der Waals surface area contributed by atoms with Gasteiger partial charge < -0.3 is 14.8 Å². The summed E-state index contributed by atoms with van der Waals surface area (Å²) in [6, 6.07) is 9.22. The number of benzene rings is 2. The minimum absolute atomic E-state index is 0.00659. The molecule has 0 aliphatic carbocycles. The van der Waals surface area contributed by atoms with Crippen LogP contribution in [0.15, 0.2) is 54.8 Å². The number of nitrogens with zero attached hydrogens (tertiary/aromatic N) is 2. The van der Waals surface area contributed by atoms with Gasteiger partial charge >= 0.3 is 6.03 Å². The molecule has 1 saturated heterocycles. The Bertz CT molecular complexity index is 1110. The summed E-state index contributed by atoms with van der Waals surface area (Å²) in [5.74, 6) is 0.585. The van der Waals surface area contributed by atoms with E-state index in [4.69, 9.17) is 9.47 Å². The summed E-state index contributed by atoms with van der Waals surface area (Å²) in [6.07, 6.45) is 4.47. The Kier molecular flexibility index (Phi) is 7.45. The number of carbonyl (C=O) groups excluding carboxylic acids is 2. The van der Waals surface area contributed by atoms with Crippen molar-refractivity contribution in [3.63, 3.8) is 0 Å². The Balaban J connectivity index is 1.88. The fourth-order valence-electron chi connectivity index (χ4n) is 3.42. The predicted molar refractivity (Wildman–Crippen MR) is 123 cm³/mol. The summed E-state index contributed by atoms with van der Waals surface area (Å²) < 4.78 is 11.5. The standard InChI is InChI=1S/C24H25N3O6/c1-4-6-18-12-17(13-20-23(28)26(11-5-2)24(29)25-20)14-21(32-3)22(18)33-15-16-7-9-19(10-8-16)27(30)31/h4,7-10,12-14H,1,5-6,11,15H2,2-3H3,(H,25,29)/b20-13+. The molecule has 172 valence electrons. The van der Waals surface area contributed by atoms with E-state index in [2.05, 4.69) is 11.9 Å². The van der Waals surface area contributed by atoms with E-state index in [1.165, 1.54) is 24.1 Å². The summed E-state index contributed by atoms with van der Waals surface area (Å²) in [4.78, 5) is 36.1. The minimum Gasteiger partial charge on any atom is -0.493 e. The second kappa shape index (κ2) is 10.4. The monoisotopic (exact) mass is 451 g/mol. The van der Waals surface area contributed by atoms with Crippen LogP contribution >= 0.6 is 0 Å². The van der Waals surface area contributed by atoms with E-state index in [0.29, 0.717) is 36.4 Å². The SMILES string of the molecule is C=CCc1cc(/C=C2/NC(=O)N(CCC)C2=O)cc(OC)c1OCc1ccc([N+](=O)[O-])cc1. The zero-order valence-electron chi connectivity index (χ0n) is 18.5. The molecule has 1 N–H and O–H groups in total. The highest BCUT2D eigenvalue weighted by molar-refractivity contribution is 6.14. The van der Waals surface area contributed by atoms with E-state index in [0.717, 1.165) is 11.1 Å². The van der Waals surface area contributed by atoms with Gasteiger partial charge in [-0.2, -0.15) is 0 Å². The van der Waals surface area contributed by atoms with Gasteiger partial charge in [-0.15, -0.1) is 6.58 Å². The van der Waals surface area contributed by atoms with E-state index in [1.54, 1.807) is 30.4 Å². The highest BCUT2D eigenvalue weighted by Gasteiger charge is 2.32. The first-order valence-electron chi connectivity index (χ1n) is 10.4. The molecule has 0 atom stereocenters. The van der Waals surface area contributed by atoms with Crippen LogP contribution in [0.3, 0.4) is 0 Å². The van der Waals surface area contributed by atoms with Crippen molar-refractivity contribution >= 4 is 23.7 Å². The van der Waals surface area contributed by atoms with Gasteiger partial charge in [0, 0.05) is 24.2 Å². The van der Waals surface area contributed by atoms with E-state index in [-0.39, 0.29) is 23.9 Å². The molecule has 0 aromatic heterocycles. The van der Waals surface area contributed by atoms with Gasteiger partial charge in [-0.05, 0) is 54.3 Å². The number of allylic oxidation sites excluding steroid dienone is 1. The minimum atomic E-state index is -0.456. The number of nitrogens with one attached hydrogen (secondary N) is 1. The van der Waals surface area contributed by atoms with Crippen molar-refractivity contribution in [2.45, 2.75) is 26.4 Å². The average molecular weight is 451 g/mol. The lowest BCUT2D eigenvalue weighted by Gasteiger charge is -2.16. The topological polar surface area (TPSA) is 111 Å². The molecule has 0 unspecified atom stereocenters. The van der Waals surface area contributed by atoms with E-state index >= 15 is 0 Å². The molecule has 9 heteroatoms. The molecule has 0 spiro atoms. The molecule has 9 nitrogen and oxygen atoms in total. The molecule has 33 heavy (non-hydrogen) atoms. The summed E-state index contributed by atoms with van der Waals surface area (Å²) in [6.45, 7) is 6.21. The first-order valence-corrected chi connectivity index (χ1v) is 10.4. The lowest BCUT2D eigenvalue weighted by atomic mass is 10.0. The van der Waals surface area contributed by atoms with Crippen molar-refractivity contribution in [2.75, 3.05) is 13.7 Å². The maximum absolute atomic E-state index is 12.5. The smallest absolute Gasteiger partial charge is 0.329 e. The number of nitro groups is 1. The first-order chi connectivity index (χ1) is 15.9. The lowest BCUT2D eigenvalue weighted by molar-refractivity contribution is -0.384. The second-order valence-electron chi connectivity index (χ2n) is 7.36. The van der Waals surface area contributed by atoms with Gasteiger partial charge in [0.1, 0.15) is 12.3 Å². The van der Waals surface area contributed by atoms with Crippen LogP contribution < -0.4 is 14.8 Å². The van der Waals surface area contributed by atoms with Crippen LogP contribution in [0.2, 0.25) is 0 Å². The molecule has 0 bridgehead atoms. The number of hydrogen-bond donors (Lipinski definition) is 1. The molecule has 3 rings (SSSR count). The molecule has 1 aliphatic heterocycles. The normalized spacial score (nSPS) is 14.4. The number of amides is 3. The number of urea groups is 1. The quantitative estimate of drug-likeness (QED) is 0.190. The van der Waals surface area contributed by atoms with Crippen molar-refractivity contribution in [3.8, 4) is 11.5 Å². The van der Waals surface area contributed by atoms with E-state index in [9.17, 15) is 19.7 Å². The third kappa shape index (κ3) is 5.38. The Morgan fingerprint density at radius 3 is 2.55 bits per heavy atom. The van der Waals surface area contributed by atoms with Crippen molar-refractivity contribution < 1.29 is 24.0 Å². The van der Waals surface area contributed by atoms with Gasteiger partial charge in [0.05, 0.1) is 12.0 Å². The van der Waals surface area contributed by atoms with Crippen LogP contribution in [0.4, 0.5) is 10.5 Å². The molecule has 1 fully saturated rings. The Hall–Kier alpha value is -4.14. The highest BCUT2D eigenvalue weighted by atomic mass is 16.6. The number of ether oxygens (including phenoxy) is 2. The summed E-state index contributed by atoms with van der Waals surface area (Å²) in [5, 5.41) is 13.4. The maximum atomic E-state index is 12.5. The van der Waals surface area contributed by atoms with E-state index < -0.39 is 11.0 Å². The van der Waals surface area contributed by atoms with Crippen molar-refractivity contribution in [3.05, 3.63) is 81.6 Å². The number of carbonyl (C=O) groups is 2. The molecule has 3 amide bonds. The van der Waals surface area contributed by atoms with Gasteiger partial charge in [0.2, 0.25) is 0 Å². The number of methoxy groups -OCH3 is 1. The van der Waals surface area contributed by atoms with Gasteiger partial charge in [0.15, 0.2) is 11.5 Å². The van der Waals surface area contributed by atoms with Crippen LogP contribution in [0.25, 0.3) is 6.08 Å². The molecule has 0 saturated carbocycles. The molecular weight excluding hydrogens is 426 g/mol. The number of rotatable bonds is 10. The average Bonchev–Trinajstić information content (AvgIpc) is 3.06. The Morgan fingerprint density at radius 2 is 1.94 bits per heavy atom. The zero-order chi connectivity index (χ0) is 24.0. The van der Waals surface area contributed by atoms with Crippen LogP contribution in [-0.4, -0.2) is 35.4 Å². The van der Waals surface area contributed by atoms with Crippen molar-refractivity contribution in [1.82, 2.24) is 10.2 Å². The highest BCUT2D eigenvalue weighted by Crippen LogP contribution is 2.35. The van der Waals surface area contributed by atoms with Gasteiger partial charge in [0.25, 0.3) is 11.6 Å². The number of hydrogen-bond acceptors (Lipinski definition) is 6. The number of non-ortho nitro benzene ring substituents is 1. The van der Waals surface area contributed by atoms with Gasteiger partial charge in [-0.25, -0.2) is 4.79 Å². The maximum Gasteiger partial charge on any atom is 0.329 e. The Labute approximate surface area is 191 Å². The van der Waals surface area contributed by atoms with Crippen LogP contribution in [0.1, 0.15) is 30.0 Å². The van der Waals surface area contributed by atoms with Crippen molar-refractivity contribution in [2.24, 2.45) is 0 Å². The van der Waals surface area contributed by atoms with Crippen LogP contribution in [-0.2, 0) is 17.8 Å². The zero-order valence-corrected chi connectivity index (χ0v) is 18.5. The predicted octanol–water partition coefficient (Wildman–Crippen LogP) is 4.21. The molecule has 1 heterocycles. The van der Waals surface area contributed by atoms with Crippen molar-refractivity contribution in [1.29, 1.82) is 0 Å². The summed E-state index contributed by atoms with van der Waals surface area (Å²) in [5.41, 5.74) is 2.40. The third-order valence-electron chi connectivity index (χ3n) is 4.99. The molecule has 2 aromatic rings. The van der Waals surface area contributed by atoms with Gasteiger partial charge in [-0.3, -0.25) is 19.8 Å². The fourth-order valence-corrected chi connectivity index (χ4v) is 3.42. The molecule has 2 aromatic carbocycles. The third-order valence-corrected chi connectivity index (χ3v) is 4.99. The van der Waals surface area contributed by atoms with Crippen LogP contribution in [0.5, 0.6) is 11.5 Å². The largest absolute Gasteiger partial charge is 0.493 e. The van der Waals surface area contributed by atoms with E-state index in [1.807, 2.05) is 13.0 Å². The summed E-state index contributed by atoms with van der Waals surface area (Å²) >= 11 is 0. The lowest BCUT2D eigenvalue weighted by Crippen LogP contribution is -2.31. The fraction of sp³-hybridized carbons (Fsp3) is 0.250. The second-order valence-corrected chi connectivity index (χ2v) is 7.36. The number of nitro benzene ring substituents is 1. The Morgan fingerprint density at radius 1 is 1.21 bits per heavy atom. The van der Waals surface area contributed by atoms with Gasteiger partial charge in [-0.1, -0.05) is 13.0 Å². The molecule has 1 aliphatic rings. The first kappa shape index (κ1) is 23.5. The number of imide groups is 1. The van der Waals surface area contributed by atoms with Crippen LogP contribution in [0, 0.1) is 10.1 Å². The molecular formula is C24H25N3O6. The summed E-state index contributed by atoms with van der Waals surface area (Å²) in [7, 11) is 1.51. The molecule has 0 radical (unpaired) electrons.